The summed E-state index contributed by atoms with van der Waals surface area (Å²) in [6.07, 6.45) is 7.69. The Labute approximate surface area is 275 Å². The van der Waals surface area contributed by atoms with Crippen molar-refractivity contribution in [2.45, 2.75) is 97.2 Å². The minimum Gasteiger partial charge on any atom is -0.747 e. The van der Waals surface area contributed by atoms with Gasteiger partial charge in [-0.15, -0.1) is 0 Å². The molecule has 3 rings (SSSR count). The van der Waals surface area contributed by atoms with E-state index in [1.54, 1.807) is 0 Å². The average Bonchev–Trinajstić information content (AvgIpc) is 3.34. The molecule has 2 aromatic carbocycles. The third-order valence-corrected chi connectivity index (χ3v) is 8.75. The van der Waals surface area contributed by atoms with Crippen molar-refractivity contribution in [3.63, 3.8) is 0 Å². The molecule has 0 heterocycles. The summed E-state index contributed by atoms with van der Waals surface area (Å²) in [6.45, 7) is 8.26. The number of carbonyl (C=O) groups is 2. The zero-order chi connectivity index (χ0) is 30.3. The minimum absolute atomic E-state index is 0. The van der Waals surface area contributed by atoms with Crippen LogP contribution in [0.3, 0.4) is 0 Å². The maximum Gasteiger partial charge on any atom is 1.00 e. The molecule has 228 valence electrons. The summed E-state index contributed by atoms with van der Waals surface area (Å²) in [6, 6.07) is 17.3. The summed E-state index contributed by atoms with van der Waals surface area (Å²) in [5, 5.41) is -2.06. The van der Waals surface area contributed by atoms with Crippen LogP contribution in [0.15, 0.2) is 48.5 Å². The second-order valence-corrected chi connectivity index (χ2v) is 12.4. The van der Waals surface area contributed by atoms with Crippen LogP contribution in [0.1, 0.15) is 96.6 Å². The van der Waals surface area contributed by atoms with E-state index in [1.807, 2.05) is 13.8 Å². The fourth-order valence-electron chi connectivity index (χ4n) is 4.89. The number of benzene rings is 2. The van der Waals surface area contributed by atoms with Crippen LogP contribution in [-0.2, 0) is 35.6 Å². The van der Waals surface area contributed by atoms with Crippen LogP contribution in [0.25, 0.3) is 11.1 Å². The van der Waals surface area contributed by atoms with Crippen molar-refractivity contribution in [3.05, 3.63) is 59.7 Å². The monoisotopic (exact) mass is 610 g/mol. The largest absolute Gasteiger partial charge is 1.00 e. The Morgan fingerprint density at radius 1 is 0.786 bits per heavy atom. The van der Waals surface area contributed by atoms with Crippen molar-refractivity contribution in [1.82, 2.24) is 0 Å². The van der Waals surface area contributed by atoms with E-state index in [9.17, 15) is 22.6 Å². The molecular formula is C33H47NaO7S. The molecule has 42 heavy (non-hydrogen) atoms. The van der Waals surface area contributed by atoms with Crippen LogP contribution in [0.2, 0.25) is 0 Å². The fraction of sp³-hybridized carbons (Fsp3) is 0.576. The van der Waals surface area contributed by atoms with Gasteiger partial charge in [-0.25, -0.2) is 8.42 Å². The van der Waals surface area contributed by atoms with E-state index in [0.717, 1.165) is 57.8 Å². The first-order valence-corrected chi connectivity index (χ1v) is 16.5. The van der Waals surface area contributed by atoms with E-state index in [4.69, 9.17) is 9.47 Å². The van der Waals surface area contributed by atoms with Crippen molar-refractivity contribution in [2.75, 3.05) is 13.2 Å². The summed E-state index contributed by atoms with van der Waals surface area (Å²) in [5.74, 6) is -1.74. The van der Waals surface area contributed by atoms with Gasteiger partial charge in [-0.05, 0) is 53.4 Å². The summed E-state index contributed by atoms with van der Waals surface area (Å²) >= 11 is 0. The molecule has 0 saturated heterocycles. The molecule has 0 amide bonds. The van der Waals surface area contributed by atoms with E-state index in [2.05, 4.69) is 62.4 Å². The molecular weight excluding hydrogens is 563 g/mol. The zero-order valence-corrected chi connectivity index (χ0v) is 28.9. The van der Waals surface area contributed by atoms with Crippen LogP contribution >= 0.6 is 0 Å². The Morgan fingerprint density at radius 3 is 1.67 bits per heavy atom. The molecule has 0 aliphatic heterocycles. The normalized spacial score (nSPS) is 13.7. The smallest absolute Gasteiger partial charge is 0.747 e. The topological polar surface area (TPSA) is 110 Å². The van der Waals surface area contributed by atoms with Crippen molar-refractivity contribution in [2.24, 2.45) is 11.8 Å². The van der Waals surface area contributed by atoms with Gasteiger partial charge in [0.25, 0.3) is 0 Å². The third kappa shape index (κ3) is 12.9. The minimum atomic E-state index is -5.01. The Morgan fingerprint density at radius 2 is 1.24 bits per heavy atom. The predicted molar refractivity (Wildman–Crippen MR) is 161 cm³/mol. The quantitative estimate of drug-likeness (QED) is 0.137. The molecule has 2 aromatic rings. The Kier molecular flexibility index (Phi) is 18.5. The van der Waals surface area contributed by atoms with Crippen LogP contribution in [0.5, 0.6) is 0 Å². The number of hydrogen-bond donors (Lipinski definition) is 0. The van der Waals surface area contributed by atoms with Gasteiger partial charge >= 0.3 is 41.5 Å². The zero-order valence-electron chi connectivity index (χ0n) is 26.1. The second kappa shape index (κ2) is 20.3. The molecule has 7 nitrogen and oxygen atoms in total. The van der Waals surface area contributed by atoms with Crippen molar-refractivity contribution in [3.8, 4) is 11.1 Å². The van der Waals surface area contributed by atoms with Gasteiger partial charge in [-0.1, -0.05) is 115 Å². The number of carbonyl (C=O) groups excluding carboxylic acids is 2. The maximum atomic E-state index is 12.1. The van der Waals surface area contributed by atoms with E-state index in [1.165, 1.54) is 22.3 Å². The van der Waals surface area contributed by atoms with Gasteiger partial charge in [-0.2, -0.15) is 0 Å². The molecule has 0 N–H and O–H groups in total. The Bertz CT molecular complexity index is 1150. The molecule has 0 aromatic heterocycles. The van der Waals surface area contributed by atoms with Crippen molar-refractivity contribution in [1.29, 1.82) is 0 Å². The summed E-state index contributed by atoms with van der Waals surface area (Å²) in [4.78, 5) is 24.1. The maximum absolute atomic E-state index is 12.1. The molecule has 0 spiro atoms. The summed E-state index contributed by atoms with van der Waals surface area (Å²) in [7, 11) is -5.01. The second-order valence-electron chi connectivity index (χ2n) is 10.8. The van der Waals surface area contributed by atoms with Gasteiger partial charge in [0, 0.05) is 0 Å². The van der Waals surface area contributed by atoms with E-state index in [0.29, 0.717) is 0 Å². The number of hydrogen-bond acceptors (Lipinski definition) is 7. The van der Waals surface area contributed by atoms with Crippen LogP contribution in [-0.4, -0.2) is 43.4 Å². The first-order chi connectivity index (χ1) is 19.6. The van der Waals surface area contributed by atoms with Crippen molar-refractivity contribution >= 4 is 22.1 Å². The number of fused-ring (bicyclic) bond motifs is 3. The van der Waals surface area contributed by atoms with Crippen molar-refractivity contribution < 1.29 is 61.6 Å². The van der Waals surface area contributed by atoms with E-state index >= 15 is 0 Å². The molecule has 1 aliphatic rings. The number of esters is 2. The van der Waals surface area contributed by atoms with Gasteiger partial charge in [0.15, 0.2) is 5.25 Å². The van der Waals surface area contributed by atoms with Gasteiger partial charge in [-0.3, -0.25) is 9.59 Å². The SMILES string of the molecule is CCCCC(CC)COC(=O)CC(C(=O)OCC(CC)CCCC)S(=O)(=O)[O-].[Na+].c1ccc2c(c1)Cc1ccccc1-2. The number of rotatable bonds is 16. The van der Waals surface area contributed by atoms with Crippen LogP contribution < -0.4 is 29.6 Å². The Balaban J connectivity index is 0.000000514. The van der Waals surface area contributed by atoms with E-state index < -0.39 is 33.7 Å². The van der Waals surface area contributed by atoms with Crippen LogP contribution in [0.4, 0.5) is 0 Å². The molecule has 0 radical (unpaired) electrons. The number of ether oxygens (including phenoxy) is 2. The molecule has 3 atom stereocenters. The molecule has 0 fully saturated rings. The average molecular weight is 611 g/mol. The van der Waals surface area contributed by atoms with Gasteiger partial charge in [0.2, 0.25) is 0 Å². The van der Waals surface area contributed by atoms with Gasteiger partial charge < -0.3 is 14.0 Å². The molecule has 3 unspecified atom stereocenters. The van der Waals surface area contributed by atoms with Gasteiger partial charge in [0.05, 0.1) is 19.6 Å². The third-order valence-electron chi connectivity index (χ3n) is 7.70. The molecule has 0 saturated carbocycles. The Hall–Kier alpha value is -1.71. The van der Waals surface area contributed by atoms with Crippen LogP contribution in [0, 0.1) is 11.8 Å². The first-order valence-electron chi connectivity index (χ1n) is 15.1. The first kappa shape index (κ1) is 38.3. The van der Waals surface area contributed by atoms with Gasteiger partial charge in [0.1, 0.15) is 10.1 Å². The predicted octanol–water partition coefficient (Wildman–Crippen LogP) is 4.07. The summed E-state index contributed by atoms with van der Waals surface area (Å²) in [5.41, 5.74) is 5.75. The molecule has 9 heteroatoms. The number of unbranched alkanes of at least 4 members (excludes halogenated alkanes) is 2. The fourth-order valence-corrected chi connectivity index (χ4v) is 5.54. The molecule has 0 bridgehead atoms. The van der Waals surface area contributed by atoms with E-state index in [-0.39, 0.29) is 54.6 Å². The molecule has 1 aliphatic carbocycles. The summed E-state index contributed by atoms with van der Waals surface area (Å²) < 4.78 is 44.6. The standard InChI is InChI=1S/C20H38O7S.C13H10.Na/c1-5-9-11-16(7-3)14-26-19(21)13-18(28(23,24)25)20(22)27-15-17(8-4)12-10-6-2;1-3-7-12-10(5-1)9-11-6-2-4-8-13(11)12;/h16-18H,5-15H2,1-4H3,(H,23,24,25);1-8H,9H2;/q;;+1/p-1.